The van der Waals surface area contributed by atoms with Crippen LogP contribution in [0.25, 0.3) is 0 Å². The van der Waals surface area contributed by atoms with Gasteiger partial charge in [-0.05, 0) is 18.9 Å². The standard InChI is InChI=1S/C14H19F2N3O/c1-18(2)14(20)11-4-3-7-19(11)10-6-5-9(8-17)12(15)13(10)16/h5-6,11H,3-4,7-8,17H2,1-2H3. The normalized spacial score (nSPS) is 18.4. The highest BCUT2D eigenvalue weighted by molar-refractivity contribution is 5.85. The molecule has 1 unspecified atom stereocenters. The minimum Gasteiger partial charge on any atom is -0.357 e. The minimum absolute atomic E-state index is 0.0525. The number of carbonyl (C=O) groups excluding carboxylic acids is 1. The zero-order chi connectivity index (χ0) is 14.9. The molecule has 110 valence electrons. The molecular weight excluding hydrogens is 264 g/mol. The molecule has 2 rings (SSSR count). The number of hydrogen-bond donors (Lipinski definition) is 1. The average Bonchev–Trinajstić information content (AvgIpc) is 2.89. The highest BCUT2D eigenvalue weighted by Gasteiger charge is 2.34. The van der Waals surface area contributed by atoms with E-state index in [0.29, 0.717) is 13.0 Å². The molecule has 4 nitrogen and oxygen atoms in total. The van der Waals surface area contributed by atoms with Crippen molar-refractivity contribution in [3.05, 3.63) is 29.3 Å². The Balaban J connectivity index is 2.36. The van der Waals surface area contributed by atoms with Crippen LogP contribution < -0.4 is 10.6 Å². The zero-order valence-electron chi connectivity index (χ0n) is 11.7. The molecule has 1 saturated heterocycles. The number of anilines is 1. The van der Waals surface area contributed by atoms with Crippen LogP contribution >= 0.6 is 0 Å². The van der Waals surface area contributed by atoms with Gasteiger partial charge in [-0.25, -0.2) is 8.78 Å². The number of rotatable bonds is 3. The van der Waals surface area contributed by atoms with Gasteiger partial charge in [0.05, 0.1) is 5.69 Å². The van der Waals surface area contributed by atoms with E-state index in [0.717, 1.165) is 6.42 Å². The molecule has 1 amide bonds. The summed E-state index contributed by atoms with van der Waals surface area (Å²) in [6.07, 6.45) is 1.43. The highest BCUT2D eigenvalue weighted by Crippen LogP contribution is 2.31. The quantitative estimate of drug-likeness (QED) is 0.914. The van der Waals surface area contributed by atoms with E-state index in [1.807, 2.05) is 0 Å². The van der Waals surface area contributed by atoms with Crippen molar-refractivity contribution in [1.82, 2.24) is 4.90 Å². The number of amides is 1. The number of hydrogen-bond acceptors (Lipinski definition) is 3. The van der Waals surface area contributed by atoms with Gasteiger partial charge in [-0.2, -0.15) is 0 Å². The van der Waals surface area contributed by atoms with Crippen molar-refractivity contribution in [3.63, 3.8) is 0 Å². The molecule has 0 saturated carbocycles. The third-order valence-corrected chi connectivity index (χ3v) is 3.65. The first kappa shape index (κ1) is 14.7. The molecule has 0 aromatic heterocycles. The molecule has 1 aromatic rings. The van der Waals surface area contributed by atoms with Gasteiger partial charge in [0.1, 0.15) is 6.04 Å². The second-order valence-corrected chi connectivity index (χ2v) is 5.16. The van der Waals surface area contributed by atoms with Crippen molar-refractivity contribution >= 4 is 11.6 Å². The predicted molar refractivity (Wildman–Crippen MR) is 73.3 cm³/mol. The van der Waals surface area contributed by atoms with Gasteiger partial charge in [-0.3, -0.25) is 4.79 Å². The van der Waals surface area contributed by atoms with Crippen LogP contribution in [0.5, 0.6) is 0 Å². The summed E-state index contributed by atoms with van der Waals surface area (Å²) in [5.74, 6) is -1.94. The van der Waals surface area contributed by atoms with E-state index < -0.39 is 17.7 Å². The van der Waals surface area contributed by atoms with Crippen molar-refractivity contribution in [2.75, 3.05) is 25.5 Å². The Bertz CT molecular complexity index is 519. The molecule has 0 aliphatic carbocycles. The van der Waals surface area contributed by atoms with E-state index in [-0.39, 0.29) is 23.7 Å². The summed E-state index contributed by atoms with van der Waals surface area (Å²) in [6, 6.07) is 2.55. The highest BCUT2D eigenvalue weighted by atomic mass is 19.2. The lowest BCUT2D eigenvalue weighted by molar-refractivity contribution is -0.129. The molecule has 0 bridgehead atoms. The van der Waals surface area contributed by atoms with Gasteiger partial charge >= 0.3 is 0 Å². The van der Waals surface area contributed by atoms with Crippen LogP contribution in [0.2, 0.25) is 0 Å². The maximum Gasteiger partial charge on any atom is 0.244 e. The van der Waals surface area contributed by atoms with Gasteiger partial charge in [0.15, 0.2) is 11.6 Å². The molecule has 1 fully saturated rings. The molecular formula is C14H19F2N3O. The second-order valence-electron chi connectivity index (χ2n) is 5.16. The Morgan fingerprint density at radius 2 is 2.10 bits per heavy atom. The van der Waals surface area contributed by atoms with Gasteiger partial charge in [-0.1, -0.05) is 6.07 Å². The van der Waals surface area contributed by atoms with Crippen LogP contribution in [0.3, 0.4) is 0 Å². The van der Waals surface area contributed by atoms with Crippen LogP contribution in [-0.4, -0.2) is 37.5 Å². The molecule has 0 spiro atoms. The first-order valence-electron chi connectivity index (χ1n) is 6.62. The third-order valence-electron chi connectivity index (χ3n) is 3.65. The van der Waals surface area contributed by atoms with Crippen LogP contribution in [0.1, 0.15) is 18.4 Å². The van der Waals surface area contributed by atoms with Crippen molar-refractivity contribution in [2.24, 2.45) is 5.73 Å². The number of nitrogens with two attached hydrogens (primary N) is 1. The second kappa shape index (κ2) is 5.75. The predicted octanol–water partition coefficient (Wildman–Crippen LogP) is 1.48. The Kier molecular flexibility index (Phi) is 4.23. The Labute approximate surface area is 117 Å². The van der Waals surface area contributed by atoms with Crippen molar-refractivity contribution in [3.8, 4) is 0 Å². The van der Waals surface area contributed by atoms with Crippen LogP contribution in [0.15, 0.2) is 12.1 Å². The van der Waals surface area contributed by atoms with Gasteiger partial charge in [0.2, 0.25) is 5.91 Å². The first-order chi connectivity index (χ1) is 9.47. The number of benzene rings is 1. The molecule has 1 aliphatic heterocycles. The monoisotopic (exact) mass is 283 g/mol. The largest absolute Gasteiger partial charge is 0.357 e. The smallest absolute Gasteiger partial charge is 0.244 e. The summed E-state index contributed by atoms with van der Waals surface area (Å²) in [4.78, 5) is 15.2. The van der Waals surface area contributed by atoms with Gasteiger partial charge in [0, 0.05) is 32.7 Å². The number of halogens is 2. The van der Waals surface area contributed by atoms with E-state index in [1.54, 1.807) is 19.0 Å². The van der Waals surface area contributed by atoms with Crippen LogP contribution in [0.4, 0.5) is 14.5 Å². The first-order valence-corrected chi connectivity index (χ1v) is 6.62. The summed E-state index contributed by atoms with van der Waals surface area (Å²) >= 11 is 0. The maximum absolute atomic E-state index is 14.1. The lowest BCUT2D eigenvalue weighted by Gasteiger charge is -2.28. The molecule has 0 radical (unpaired) electrons. The number of nitrogens with zero attached hydrogens (tertiary/aromatic N) is 2. The maximum atomic E-state index is 14.1. The molecule has 1 aromatic carbocycles. The Morgan fingerprint density at radius 3 is 2.70 bits per heavy atom. The SMILES string of the molecule is CN(C)C(=O)C1CCCN1c1ccc(CN)c(F)c1F. The molecule has 1 aliphatic rings. The molecule has 6 heteroatoms. The number of carbonyl (C=O) groups is 1. The third kappa shape index (κ3) is 2.47. The Hall–Kier alpha value is -1.69. The molecule has 1 heterocycles. The van der Waals surface area contributed by atoms with Crippen molar-refractivity contribution < 1.29 is 13.6 Å². The summed E-state index contributed by atoms with van der Waals surface area (Å²) in [5, 5.41) is 0. The van der Waals surface area contributed by atoms with E-state index in [9.17, 15) is 13.6 Å². The van der Waals surface area contributed by atoms with Crippen molar-refractivity contribution in [1.29, 1.82) is 0 Å². The van der Waals surface area contributed by atoms with Crippen LogP contribution in [-0.2, 0) is 11.3 Å². The Morgan fingerprint density at radius 1 is 1.40 bits per heavy atom. The zero-order valence-corrected chi connectivity index (χ0v) is 11.7. The van der Waals surface area contributed by atoms with Gasteiger partial charge in [-0.15, -0.1) is 0 Å². The fourth-order valence-corrected chi connectivity index (χ4v) is 2.57. The average molecular weight is 283 g/mol. The van der Waals surface area contributed by atoms with E-state index >= 15 is 0 Å². The summed E-state index contributed by atoms with van der Waals surface area (Å²) < 4.78 is 28.0. The van der Waals surface area contributed by atoms with Crippen molar-refractivity contribution in [2.45, 2.75) is 25.4 Å². The summed E-state index contributed by atoms with van der Waals surface area (Å²) in [7, 11) is 3.32. The molecule has 2 N–H and O–H groups in total. The van der Waals surface area contributed by atoms with E-state index in [1.165, 1.54) is 17.0 Å². The minimum atomic E-state index is -0.925. The van der Waals surface area contributed by atoms with Gasteiger partial charge in [0.25, 0.3) is 0 Å². The fourth-order valence-electron chi connectivity index (χ4n) is 2.57. The van der Waals surface area contributed by atoms with E-state index in [4.69, 9.17) is 5.73 Å². The summed E-state index contributed by atoms with van der Waals surface area (Å²) in [6.45, 7) is 0.492. The molecule has 20 heavy (non-hydrogen) atoms. The topological polar surface area (TPSA) is 49.6 Å². The van der Waals surface area contributed by atoms with E-state index in [2.05, 4.69) is 0 Å². The lowest BCUT2D eigenvalue weighted by Crippen LogP contribution is -2.43. The van der Waals surface area contributed by atoms with Crippen LogP contribution in [0, 0.1) is 11.6 Å². The number of likely N-dealkylation sites (N-methyl/N-ethyl adjacent to an activating group) is 1. The summed E-state index contributed by atoms with van der Waals surface area (Å²) in [5.41, 5.74) is 5.63. The van der Waals surface area contributed by atoms with Gasteiger partial charge < -0.3 is 15.5 Å². The molecule has 1 atom stereocenters. The fraction of sp³-hybridized carbons (Fsp3) is 0.500. The lowest BCUT2D eigenvalue weighted by atomic mass is 10.1.